The second-order valence-corrected chi connectivity index (χ2v) is 7.15. The molecule has 1 N–H and O–H groups in total. The SMILES string of the molecule is CCCCC(=O)Nc1csc(-c2cncc(-c3cc(OC)cc(OC)c3)n2)c1. The first kappa shape index (κ1) is 19.8. The first-order chi connectivity index (χ1) is 13.6. The van der Waals surface area contributed by atoms with Gasteiger partial charge in [-0.15, -0.1) is 11.3 Å². The minimum Gasteiger partial charge on any atom is -0.497 e. The van der Waals surface area contributed by atoms with Crippen LogP contribution in [0.4, 0.5) is 5.69 Å². The fourth-order valence-electron chi connectivity index (χ4n) is 2.68. The van der Waals surface area contributed by atoms with Crippen molar-refractivity contribution in [1.29, 1.82) is 0 Å². The molecule has 0 radical (unpaired) electrons. The molecule has 0 unspecified atom stereocenters. The van der Waals surface area contributed by atoms with Gasteiger partial charge in [0.2, 0.25) is 5.91 Å². The summed E-state index contributed by atoms with van der Waals surface area (Å²) < 4.78 is 10.7. The Hall–Kier alpha value is -2.93. The molecule has 146 valence electrons. The zero-order chi connectivity index (χ0) is 19.9. The number of nitrogens with zero attached hydrogens (tertiary/aromatic N) is 2. The maximum atomic E-state index is 11.9. The zero-order valence-corrected chi connectivity index (χ0v) is 17.0. The van der Waals surface area contributed by atoms with Crippen molar-refractivity contribution in [1.82, 2.24) is 9.97 Å². The number of nitrogens with one attached hydrogen (secondary N) is 1. The maximum absolute atomic E-state index is 11.9. The van der Waals surface area contributed by atoms with Gasteiger partial charge in [-0.1, -0.05) is 13.3 Å². The van der Waals surface area contributed by atoms with Gasteiger partial charge in [-0.05, 0) is 24.6 Å². The normalized spacial score (nSPS) is 10.5. The van der Waals surface area contributed by atoms with E-state index in [0.29, 0.717) is 17.9 Å². The molecular formula is C21H23N3O3S. The summed E-state index contributed by atoms with van der Waals surface area (Å²) in [6.07, 6.45) is 5.85. The number of unbranched alkanes of at least 4 members (excludes halogenated alkanes) is 1. The fraction of sp³-hybridized carbons (Fsp3) is 0.286. The summed E-state index contributed by atoms with van der Waals surface area (Å²) in [7, 11) is 3.23. The fourth-order valence-corrected chi connectivity index (χ4v) is 3.47. The smallest absolute Gasteiger partial charge is 0.224 e. The van der Waals surface area contributed by atoms with Gasteiger partial charge < -0.3 is 14.8 Å². The van der Waals surface area contributed by atoms with Crippen LogP contribution in [0.15, 0.2) is 42.0 Å². The summed E-state index contributed by atoms with van der Waals surface area (Å²) in [5.41, 5.74) is 3.11. The predicted molar refractivity (Wildman–Crippen MR) is 112 cm³/mol. The van der Waals surface area contributed by atoms with Crippen molar-refractivity contribution >= 4 is 22.9 Å². The molecule has 0 aliphatic carbocycles. The monoisotopic (exact) mass is 397 g/mol. The Morgan fingerprint density at radius 1 is 1.07 bits per heavy atom. The van der Waals surface area contributed by atoms with Gasteiger partial charge in [0.25, 0.3) is 0 Å². The molecule has 0 saturated heterocycles. The zero-order valence-electron chi connectivity index (χ0n) is 16.2. The number of carbonyl (C=O) groups excluding carboxylic acids is 1. The molecule has 0 atom stereocenters. The topological polar surface area (TPSA) is 73.3 Å². The Bertz CT molecular complexity index is 933. The molecule has 0 bridgehead atoms. The third-order valence-corrected chi connectivity index (χ3v) is 5.13. The van der Waals surface area contributed by atoms with Crippen molar-refractivity contribution in [3.05, 3.63) is 42.0 Å². The minimum atomic E-state index is 0.0366. The van der Waals surface area contributed by atoms with Gasteiger partial charge in [0.15, 0.2) is 0 Å². The van der Waals surface area contributed by atoms with E-state index in [-0.39, 0.29) is 5.91 Å². The Balaban J connectivity index is 1.83. The highest BCUT2D eigenvalue weighted by Gasteiger charge is 2.11. The molecule has 0 spiro atoms. The van der Waals surface area contributed by atoms with E-state index in [4.69, 9.17) is 14.5 Å². The molecule has 1 aromatic carbocycles. The lowest BCUT2D eigenvalue weighted by Gasteiger charge is -2.08. The highest BCUT2D eigenvalue weighted by atomic mass is 32.1. The van der Waals surface area contributed by atoms with Crippen molar-refractivity contribution < 1.29 is 14.3 Å². The molecule has 0 aliphatic rings. The summed E-state index contributed by atoms with van der Waals surface area (Å²) in [4.78, 5) is 21.9. The summed E-state index contributed by atoms with van der Waals surface area (Å²) >= 11 is 1.52. The van der Waals surface area contributed by atoms with Crippen molar-refractivity contribution in [2.75, 3.05) is 19.5 Å². The highest BCUT2D eigenvalue weighted by molar-refractivity contribution is 7.14. The predicted octanol–water partition coefficient (Wildman–Crippen LogP) is 5.02. The van der Waals surface area contributed by atoms with Crippen LogP contribution in [-0.2, 0) is 4.79 Å². The number of benzene rings is 1. The van der Waals surface area contributed by atoms with E-state index in [1.165, 1.54) is 11.3 Å². The second kappa shape index (κ2) is 9.32. The number of anilines is 1. The van der Waals surface area contributed by atoms with Gasteiger partial charge in [-0.3, -0.25) is 9.78 Å². The van der Waals surface area contributed by atoms with Crippen LogP contribution in [0.25, 0.3) is 21.8 Å². The van der Waals surface area contributed by atoms with E-state index in [1.54, 1.807) is 26.6 Å². The largest absolute Gasteiger partial charge is 0.497 e. The van der Waals surface area contributed by atoms with Crippen LogP contribution >= 0.6 is 11.3 Å². The van der Waals surface area contributed by atoms with Gasteiger partial charge in [-0.2, -0.15) is 0 Å². The number of aromatic nitrogens is 2. The van der Waals surface area contributed by atoms with Crippen molar-refractivity contribution in [3.8, 4) is 33.3 Å². The van der Waals surface area contributed by atoms with Gasteiger partial charge in [0, 0.05) is 23.4 Å². The Labute approximate surface area is 168 Å². The van der Waals surface area contributed by atoms with Crippen LogP contribution in [0.1, 0.15) is 26.2 Å². The first-order valence-corrected chi connectivity index (χ1v) is 9.95. The van der Waals surface area contributed by atoms with Crippen LogP contribution in [0.2, 0.25) is 0 Å². The van der Waals surface area contributed by atoms with Crippen LogP contribution in [0, 0.1) is 0 Å². The first-order valence-electron chi connectivity index (χ1n) is 9.07. The molecule has 6 nitrogen and oxygen atoms in total. The van der Waals surface area contributed by atoms with Crippen LogP contribution < -0.4 is 14.8 Å². The van der Waals surface area contributed by atoms with E-state index in [1.807, 2.05) is 29.6 Å². The molecule has 3 rings (SSSR count). The van der Waals surface area contributed by atoms with Crippen LogP contribution in [-0.4, -0.2) is 30.1 Å². The van der Waals surface area contributed by atoms with Gasteiger partial charge in [0.1, 0.15) is 11.5 Å². The molecule has 7 heteroatoms. The van der Waals surface area contributed by atoms with Crippen molar-refractivity contribution in [2.24, 2.45) is 0 Å². The maximum Gasteiger partial charge on any atom is 0.224 e. The summed E-state index contributed by atoms with van der Waals surface area (Å²) in [5, 5.41) is 4.85. The molecule has 28 heavy (non-hydrogen) atoms. The number of methoxy groups -OCH3 is 2. The molecule has 1 amide bonds. The molecule has 3 aromatic rings. The summed E-state index contributed by atoms with van der Waals surface area (Å²) in [5.74, 6) is 1.42. The standard InChI is InChI=1S/C21H23N3O3S/c1-4-5-6-21(25)23-15-9-20(28-13-15)19-12-22-11-18(24-19)14-7-16(26-2)10-17(8-14)27-3/h7-13H,4-6H2,1-3H3,(H,23,25). The average Bonchev–Trinajstić information content (AvgIpc) is 3.20. The van der Waals surface area contributed by atoms with Crippen molar-refractivity contribution in [3.63, 3.8) is 0 Å². The molecule has 2 heterocycles. The Morgan fingerprint density at radius 3 is 2.46 bits per heavy atom. The Kier molecular flexibility index (Phi) is 6.60. The number of thiophene rings is 1. The number of carbonyl (C=O) groups is 1. The lowest BCUT2D eigenvalue weighted by Crippen LogP contribution is -2.09. The Morgan fingerprint density at radius 2 is 1.79 bits per heavy atom. The van der Waals surface area contributed by atoms with E-state index in [0.717, 1.165) is 40.4 Å². The summed E-state index contributed by atoms with van der Waals surface area (Å²) in [6, 6.07) is 7.52. The molecule has 0 saturated carbocycles. The van der Waals surface area contributed by atoms with E-state index < -0.39 is 0 Å². The van der Waals surface area contributed by atoms with Gasteiger partial charge in [-0.25, -0.2) is 4.98 Å². The molecule has 0 fully saturated rings. The van der Waals surface area contributed by atoms with Gasteiger partial charge >= 0.3 is 0 Å². The lowest BCUT2D eigenvalue weighted by molar-refractivity contribution is -0.116. The quantitative estimate of drug-likeness (QED) is 0.578. The minimum absolute atomic E-state index is 0.0366. The number of rotatable bonds is 8. The lowest BCUT2D eigenvalue weighted by atomic mass is 10.1. The third-order valence-electron chi connectivity index (χ3n) is 4.17. The van der Waals surface area contributed by atoms with E-state index in [2.05, 4.69) is 17.2 Å². The third kappa shape index (κ3) is 4.86. The van der Waals surface area contributed by atoms with Crippen LogP contribution in [0.5, 0.6) is 11.5 Å². The van der Waals surface area contributed by atoms with Gasteiger partial charge in [0.05, 0.1) is 48.6 Å². The number of hydrogen-bond acceptors (Lipinski definition) is 6. The number of ether oxygens (including phenoxy) is 2. The molecular weight excluding hydrogens is 374 g/mol. The second-order valence-electron chi connectivity index (χ2n) is 6.24. The van der Waals surface area contributed by atoms with Crippen molar-refractivity contribution in [2.45, 2.75) is 26.2 Å². The number of amides is 1. The summed E-state index contributed by atoms with van der Waals surface area (Å²) in [6.45, 7) is 2.07. The molecule has 0 aliphatic heterocycles. The highest BCUT2D eigenvalue weighted by Crippen LogP contribution is 2.32. The van der Waals surface area contributed by atoms with E-state index >= 15 is 0 Å². The molecule has 2 aromatic heterocycles. The number of hydrogen-bond donors (Lipinski definition) is 1. The average molecular weight is 398 g/mol. The van der Waals surface area contributed by atoms with E-state index in [9.17, 15) is 4.79 Å². The van der Waals surface area contributed by atoms with Crippen LogP contribution in [0.3, 0.4) is 0 Å².